The number of carbonyl (C=O) groups excluding carboxylic acids is 2. The number of aromatic nitrogens is 2. The van der Waals surface area contributed by atoms with Crippen LogP contribution in [0, 0.1) is 0 Å². The van der Waals surface area contributed by atoms with Gasteiger partial charge in [-0.05, 0) is 12.1 Å². The lowest BCUT2D eigenvalue weighted by Crippen LogP contribution is -2.50. The maximum atomic E-state index is 13.0. The van der Waals surface area contributed by atoms with Crippen LogP contribution < -0.4 is 4.74 Å². The van der Waals surface area contributed by atoms with Gasteiger partial charge in [-0.25, -0.2) is 0 Å². The molecule has 1 saturated heterocycles. The third-order valence-corrected chi connectivity index (χ3v) is 4.43. The van der Waals surface area contributed by atoms with E-state index < -0.39 is 0 Å². The molecular formula is C18H22N4O3. The van der Waals surface area contributed by atoms with E-state index in [1.807, 2.05) is 24.3 Å². The number of ether oxygens (including phenoxy) is 1. The highest BCUT2D eigenvalue weighted by molar-refractivity contribution is 6.00. The fourth-order valence-electron chi connectivity index (χ4n) is 3.08. The average molecular weight is 342 g/mol. The molecule has 132 valence electrons. The van der Waals surface area contributed by atoms with Gasteiger partial charge in [0.15, 0.2) is 0 Å². The standard InChI is InChI=1S/C18H22N4O3/c1-13(23)21-8-10-22(11-9-21)18(24)15-12-20(2)19-17(15)14-6-4-5-7-16(14)25-3/h4-7,12H,8-11H2,1-3H3. The SMILES string of the molecule is COc1ccccc1-c1nn(C)cc1C(=O)N1CCN(C(C)=O)CC1. The minimum atomic E-state index is -0.0720. The van der Waals surface area contributed by atoms with Crippen LogP contribution in [0.4, 0.5) is 0 Å². The first-order chi connectivity index (χ1) is 12.0. The molecule has 0 aliphatic carbocycles. The van der Waals surface area contributed by atoms with E-state index in [9.17, 15) is 9.59 Å². The highest BCUT2D eigenvalue weighted by Crippen LogP contribution is 2.31. The van der Waals surface area contributed by atoms with Gasteiger partial charge in [-0.1, -0.05) is 12.1 Å². The van der Waals surface area contributed by atoms with Crippen LogP contribution in [0.25, 0.3) is 11.3 Å². The van der Waals surface area contributed by atoms with Gasteiger partial charge in [-0.15, -0.1) is 0 Å². The van der Waals surface area contributed by atoms with E-state index in [4.69, 9.17) is 4.74 Å². The van der Waals surface area contributed by atoms with Crippen molar-refractivity contribution in [2.45, 2.75) is 6.92 Å². The summed E-state index contributed by atoms with van der Waals surface area (Å²) < 4.78 is 7.05. The molecule has 0 N–H and O–H groups in total. The van der Waals surface area contributed by atoms with Crippen molar-refractivity contribution >= 4 is 11.8 Å². The monoisotopic (exact) mass is 342 g/mol. The number of aryl methyl sites for hydroxylation is 1. The van der Waals surface area contributed by atoms with Gasteiger partial charge in [-0.3, -0.25) is 14.3 Å². The highest BCUT2D eigenvalue weighted by atomic mass is 16.5. The zero-order valence-corrected chi connectivity index (χ0v) is 14.7. The number of rotatable bonds is 3. The molecule has 2 heterocycles. The van der Waals surface area contributed by atoms with Crippen LogP contribution >= 0.6 is 0 Å². The van der Waals surface area contributed by atoms with Crippen molar-refractivity contribution in [2.75, 3.05) is 33.3 Å². The van der Waals surface area contributed by atoms with E-state index in [1.54, 1.807) is 41.8 Å². The molecule has 1 fully saturated rings. The van der Waals surface area contributed by atoms with Crippen LogP contribution in [-0.4, -0.2) is 64.7 Å². The number of methoxy groups -OCH3 is 1. The lowest BCUT2D eigenvalue weighted by molar-refractivity contribution is -0.130. The van der Waals surface area contributed by atoms with Crippen LogP contribution in [0.15, 0.2) is 30.5 Å². The van der Waals surface area contributed by atoms with E-state index in [1.165, 1.54) is 0 Å². The van der Waals surface area contributed by atoms with Crippen molar-refractivity contribution in [2.24, 2.45) is 7.05 Å². The Hall–Kier alpha value is -2.83. The molecule has 0 radical (unpaired) electrons. The van der Waals surface area contributed by atoms with E-state index in [0.717, 1.165) is 5.56 Å². The molecule has 7 nitrogen and oxygen atoms in total. The Kier molecular flexibility index (Phi) is 4.74. The Balaban J connectivity index is 1.89. The maximum absolute atomic E-state index is 13.0. The first-order valence-electron chi connectivity index (χ1n) is 8.23. The second kappa shape index (κ2) is 6.96. The molecule has 7 heteroatoms. The van der Waals surface area contributed by atoms with Gasteiger partial charge >= 0.3 is 0 Å². The van der Waals surface area contributed by atoms with Gasteiger partial charge in [0.1, 0.15) is 11.4 Å². The molecule has 1 aromatic heterocycles. The summed E-state index contributed by atoms with van der Waals surface area (Å²) >= 11 is 0. The quantitative estimate of drug-likeness (QED) is 0.846. The van der Waals surface area contributed by atoms with Gasteiger partial charge in [-0.2, -0.15) is 5.10 Å². The average Bonchev–Trinajstić information content (AvgIpc) is 3.02. The molecule has 0 spiro atoms. The molecule has 3 rings (SSSR count). The maximum Gasteiger partial charge on any atom is 0.257 e. The Labute approximate surface area is 146 Å². The van der Waals surface area contributed by atoms with Crippen molar-refractivity contribution in [3.8, 4) is 17.0 Å². The number of amides is 2. The first-order valence-corrected chi connectivity index (χ1v) is 8.23. The van der Waals surface area contributed by atoms with Crippen LogP contribution in [0.3, 0.4) is 0 Å². The normalized spacial score (nSPS) is 14.5. The summed E-state index contributed by atoms with van der Waals surface area (Å²) in [6, 6.07) is 7.52. The lowest BCUT2D eigenvalue weighted by atomic mass is 10.1. The molecule has 0 unspecified atom stereocenters. The van der Waals surface area contributed by atoms with Crippen molar-refractivity contribution < 1.29 is 14.3 Å². The van der Waals surface area contributed by atoms with Gasteiger partial charge in [0.2, 0.25) is 5.91 Å². The van der Waals surface area contributed by atoms with Crippen molar-refractivity contribution in [3.63, 3.8) is 0 Å². The van der Waals surface area contributed by atoms with Crippen LogP contribution in [0.2, 0.25) is 0 Å². The summed E-state index contributed by atoms with van der Waals surface area (Å²) in [5, 5.41) is 4.47. The topological polar surface area (TPSA) is 67.7 Å². The van der Waals surface area contributed by atoms with Crippen molar-refractivity contribution in [3.05, 3.63) is 36.0 Å². The summed E-state index contributed by atoms with van der Waals surface area (Å²) in [5.41, 5.74) is 1.94. The number of hydrogen-bond acceptors (Lipinski definition) is 4. The number of piperazine rings is 1. The number of nitrogens with zero attached hydrogens (tertiary/aromatic N) is 4. The minimum Gasteiger partial charge on any atom is -0.496 e. The predicted molar refractivity (Wildman–Crippen MR) is 93.4 cm³/mol. The van der Waals surface area contributed by atoms with Gasteiger partial charge in [0.25, 0.3) is 5.91 Å². The number of para-hydroxylation sites is 1. The Morgan fingerprint density at radius 3 is 2.36 bits per heavy atom. The first kappa shape index (κ1) is 17.0. The summed E-state index contributed by atoms with van der Waals surface area (Å²) in [6.45, 7) is 3.73. The van der Waals surface area contributed by atoms with Crippen LogP contribution in [0.1, 0.15) is 17.3 Å². The van der Waals surface area contributed by atoms with Crippen molar-refractivity contribution in [1.29, 1.82) is 0 Å². The summed E-state index contributed by atoms with van der Waals surface area (Å²) in [7, 11) is 3.40. The summed E-state index contributed by atoms with van der Waals surface area (Å²) in [4.78, 5) is 28.0. The fraction of sp³-hybridized carbons (Fsp3) is 0.389. The molecule has 2 aromatic rings. The number of carbonyl (C=O) groups is 2. The Bertz CT molecular complexity index is 791. The third-order valence-electron chi connectivity index (χ3n) is 4.43. The summed E-state index contributed by atoms with van der Waals surface area (Å²) in [5.74, 6) is 0.650. The van der Waals surface area contributed by atoms with Gasteiger partial charge in [0.05, 0.1) is 12.7 Å². The predicted octanol–water partition coefficient (Wildman–Crippen LogP) is 1.40. The lowest BCUT2D eigenvalue weighted by Gasteiger charge is -2.34. The van der Waals surface area contributed by atoms with E-state index in [2.05, 4.69) is 5.10 Å². The Morgan fingerprint density at radius 2 is 1.72 bits per heavy atom. The minimum absolute atomic E-state index is 0.0446. The number of benzene rings is 1. The van der Waals surface area contributed by atoms with E-state index in [-0.39, 0.29) is 11.8 Å². The molecule has 1 aliphatic heterocycles. The smallest absolute Gasteiger partial charge is 0.257 e. The Morgan fingerprint density at radius 1 is 1.08 bits per heavy atom. The highest BCUT2D eigenvalue weighted by Gasteiger charge is 2.27. The van der Waals surface area contributed by atoms with Gasteiger partial charge < -0.3 is 14.5 Å². The number of hydrogen-bond donors (Lipinski definition) is 0. The molecule has 0 saturated carbocycles. The molecular weight excluding hydrogens is 320 g/mol. The van der Waals surface area contributed by atoms with Crippen LogP contribution in [0.5, 0.6) is 5.75 Å². The molecule has 0 bridgehead atoms. The van der Waals surface area contributed by atoms with Crippen LogP contribution in [-0.2, 0) is 11.8 Å². The molecule has 1 aliphatic rings. The molecule has 1 aromatic carbocycles. The molecule has 0 atom stereocenters. The van der Waals surface area contributed by atoms with Gasteiger partial charge in [0, 0.05) is 51.9 Å². The second-order valence-electron chi connectivity index (χ2n) is 6.06. The molecule has 25 heavy (non-hydrogen) atoms. The fourth-order valence-corrected chi connectivity index (χ4v) is 3.08. The third kappa shape index (κ3) is 3.35. The summed E-state index contributed by atoms with van der Waals surface area (Å²) in [6.07, 6.45) is 1.74. The van der Waals surface area contributed by atoms with E-state index >= 15 is 0 Å². The van der Waals surface area contributed by atoms with E-state index in [0.29, 0.717) is 43.2 Å². The van der Waals surface area contributed by atoms with Crippen molar-refractivity contribution in [1.82, 2.24) is 19.6 Å². The zero-order chi connectivity index (χ0) is 18.0. The largest absolute Gasteiger partial charge is 0.496 e. The molecule has 2 amide bonds. The second-order valence-corrected chi connectivity index (χ2v) is 6.06. The zero-order valence-electron chi connectivity index (χ0n) is 14.7.